The lowest BCUT2D eigenvalue weighted by Crippen LogP contribution is -1.60. The zero-order chi connectivity index (χ0) is 7.54. The number of rotatable bonds is 2. The molecule has 0 aromatic carbocycles. The number of carbonyl (C=O) groups excluding carboxylic acids is 1. The predicted octanol–water partition coefficient (Wildman–Crippen LogP) is 2.51. The zero-order valence-corrected chi connectivity index (χ0v) is 7.07. The van der Waals surface area contributed by atoms with Crippen molar-refractivity contribution in [3.63, 3.8) is 0 Å². The van der Waals surface area contributed by atoms with Gasteiger partial charge in [-0.15, -0.1) is 0 Å². The van der Waals surface area contributed by atoms with E-state index in [0.29, 0.717) is 0 Å². The van der Waals surface area contributed by atoms with Crippen molar-refractivity contribution in [3.8, 4) is 0 Å². The second-order valence-corrected chi connectivity index (χ2v) is 2.32. The van der Waals surface area contributed by atoms with Gasteiger partial charge in [0.05, 0.1) is 0 Å². The molecule has 0 N–H and O–H groups in total. The summed E-state index contributed by atoms with van der Waals surface area (Å²) in [5.41, 5.74) is 0.847. The van der Waals surface area contributed by atoms with Crippen molar-refractivity contribution in [1.82, 2.24) is 0 Å². The Labute approximate surface area is 61.5 Å². The van der Waals surface area contributed by atoms with Crippen LogP contribution in [-0.4, -0.2) is 11.4 Å². The van der Waals surface area contributed by atoms with Crippen LogP contribution in [-0.2, 0) is 4.79 Å². The van der Waals surface area contributed by atoms with E-state index in [0.717, 1.165) is 11.4 Å². The summed E-state index contributed by atoms with van der Waals surface area (Å²) in [7, 11) is 0. The molecule has 2 heteroatoms. The summed E-state index contributed by atoms with van der Waals surface area (Å²) in [4.78, 5) is 9.37. The van der Waals surface area contributed by atoms with Crippen molar-refractivity contribution in [2.75, 3.05) is 5.75 Å². The van der Waals surface area contributed by atoms with Crippen LogP contribution >= 0.6 is 11.8 Å². The highest BCUT2D eigenvalue weighted by Crippen LogP contribution is 1.86. The molecule has 9 heavy (non-hydrogen) atoms. The van der Waals surface area contributed by atoms with Gasteiger partial charge in [0.25, 0.3) is 0 Å². The fourth-order valence-corrected chi connectivity index (χ4v) is 0.204. The Kier molecular flexibility index (Phi) is 20.1. The molecule has 0 saturated carbocycles. The maximum atomic E-state index is 9.37. The summed E-state index contributed by atoms with van der Waals surface area (Å²) in [6.45, 7) is 5.94. The highest BCUT2D eigenvalue weighted by Gasteiger charge is 1.66. The second-order valence-electron chi connectivity index (χ2n) is 1.22. The summed E-state index contributed by atoms with van der Waals surface area (Å²) in [6.07, 6.45) is 4.00. The van der Waals surface area contributed by atoms with E-state index in [1.807, 2.05) is 32.9 Å². The monoisotopic (exact) mass is 146 g/mol. The Morgan fingerprint density at radius 3 is 1.78 bits per heavy atom. The molecule has 0 aromatic heterocycles. The lowest BCUT2D eigenvalue weighted by Gasteiger charge is -1.69. The van der Waals surface area contributed by atoms with Crippen LogP contribution in [0.4, 0.5) is 0 Å². The fourth-order valence-electron chi connectivity index (χ4n) is 0.0680. The molecule has 0 fully saturated rings. The molecule has 0 aliphatic heterocycles. The molecular weight excluding hydrogens is 132 g/mol. The molecule has 0 atom stereocenters. The summed E-state index contributed by atoms with van der Waals surface area (Å²) in [6, 6.07) is 0. The van der Waals surface area contributed by atoms with Crippen molar-refractivity contribution in [2.24, 2.45) is 0 Å². The molecule has 0 amide bonds. The van der Waals surface area contributed by atoms with E-state index in [4.69, 9.17) is 0 Å². The van der Waals surface area contributed by atoms with E-state index in [1.165, 1.54) is 11.8 Å². The molecule has 0 aliphatic rings. The molecule has 0 radical (unpaired) electrons. The first-order valence-electron chi connectivity index (χ1n) is 2.96. The average Bonchev–Trinajstić information content (AvgIpc) is 1.91. The highest BCUT2D eigenvalue weighted by atomic mass is 32.2. The standard InChI is InChI=1S/C4H8.C3H6OS/c1-3-4-2;1-2-5-3-4/h3-4H,1-2H3;3H,2H2,1H3. The van der Waals surface area contributed by atoms with Gasteiger partial charge in [-0.25, -0.2) is 0 Å². The first-order chi connectivity index (χ1) is 4.33. The van der Waals surface area contributed by atoms with Gasteiger partial charge in [0.2, 0.25) is 0 Å². The SMILES string of the molecule is CC=CC.CCSC=O. The minimum atomic E-state index is 0.847. The average molecular weight is 146 g/mol. The van der Waals surface area contributed by atoms with Crippen molar-refractivity contribution in [3.05, 3.63) is 12.2 Å². The predicted molar refractivity (Wildman–Crippen MR) is 45.4 cm³/mol. The van der Waals surface area contributed by atoms with E-state index in [9.17, 15) is 4.79 Å². The molecule has 0 rings (SSSR count). The maximum absolute atomic E-state index is 9.37. The van der Waals surface area contributed by atoms with Gasteiger partial charge in [-0.1, -0.05) is 30.8 Å². The number of thioether (sulfide) groups is 1. The van der Waals surface area contributed by atoms with E-state index < -0.39 is 0 Å². The summed E-state index contributed by atoms with van der Waals surface area (Å²) >= 11 is 1.28. The largest absolute Gasteiger partial charge is 0.291 e. The molecule has 1 nitrogen and oxygen atoms in total. The third kappa shape index (κ3) is 33.8. The maximum Gasteiger partial charge on any atom is 0.176 e. The highest BCUT2D eigenvalue weighted by molar-refractivity contribution is 8.11. The van der Waals surface area contributed by atoms with Crippen LogP contribution in [0.25, 0.3) is 0 Å². The molecular formula is C7H14OS. The third-order valence-electron chi connectivity index (χ3n) is 0.568. The van der Waals surface area contributed by atoms with Gasteiger partial charge in [-0.05, 0) is 19.6 Å². The minimum absolute atomic E-state index is 0.847. The number of carbonyl (C=O) groups is 1. The number of allylic oxidation sites excluding steroid dienone is 2. The first kappa shape index (κ1) is 11.5. The molecule has 0 bridgehead atoms. The van der Waals surface area contributed by atoms with E-state index in [-0.39, 0.29) is 0 Å². The quantitative estimate of drug-likeness (QED) is 0.440. The second kappa shape index (κ2) is 15.7. The van der Waals surface area contributed by atoms with Crippen molar-refractivity contribution >= 4 is 17.4 Å². The topological polar surface area (TPSA) is 17.1 Å². The smallest absolute Gasteiger partial charge is 0.176 e. The Balaban J connectivity index is 0. The normalized spacial score (nSPS) is 8.33. The fraction of sp³-hybridized carbons (Fsp3) is 0.571. The zero-order valence-electron chi connectivity index (χ0n) is 6.26. The van der Waals surface area contributed by atoms with Crippen LogP contribution in [0.3, 0.4) is 0 Å². The lowest BCUT2D eigenvalue weighted by atomic mass is 10.6. The van der Waals surface area contributed by atoms with Gasteiger partial charge in [-0.2, -0.15) is 0 Å². The van der Waals surface area contributed by atoms with Crippen LogP contribution in [0.2, 0.25) is 0 Å². The molecule has 0 saturated heterocycles. The minimum Gasteiger partial charge on any atom is -0.291 e. The molecule has 54 valence electrons. The number of hydrogen-bond donors (Lipinski definition) is 0. The van der Waals surface area contributed by atoms with Crippen LogP contribution in [0.1, 0.15) is 20.8 Å². The summed E-state index contributed by atoms with van der Waals surface area (Å²) in [5.74, 6) is 0.892. The summed E-state index contributed by atoms with van der Waals surface area (Å²) in [5, 5.41) is 0. The molecule has 0 unspecified atom stereocenters. The van der Waals surface area contributed by atoms with Crippen LogP contribution < -0.4 is 0 Å². The third-order valence-corrected chi connectivity index (χ3v) is 1.04. The van der Waals surface area contributed by atoms with Gasteiger partial charge in [0.1, 0.15) is 0 Å². The Morgan fingerprint density at radius 2 is 1.78 bits per heavy atom. The Bertz CT molecular complexity index is 65.3. The number of hydrogen-bond acceptors (Lipinski definition) is 2. The van der Waals surface area contributed by atoms with Crippen LogP contribution in [0.15, 0.2) is 12.2 Å². The van der Waals surface area contributed by atoms with Crippen LogP contribution in [0.5, 0.6) is 0 Å². The van der Waals surface area contributed by atoms with Crippen molar-refractivity contribution in [2.45, 2.75) is 20.8 Å². The lowest BCUT2D eigenvalue weighted by molar-refractivity contribution is 0.570. The van der Waals surface area contributed by atoms with Crippen LogP contribution in [0, 0.1) is 0 Å². The van der Waals surface area contributed by atoms with Crippen molar-refractivity contribution in [1.29, 1.82) is 0 Å². The van der Waals surface area contributed by atoms with Gasteiger partial charge < -0.3 is 0 Å². The first-order valence-corrected chi connectivity index (χ1v) is 4.00. The van der Waals surface area contributed by atoms with Gasteiger partial charge in [0, 0.05) is 0 Å². The van der Waals surface area contributed by atoms with E-state index >= 15 is 0 Å². The van der Waals surface area contributed by atoms with Crippen molar-refractivity contribution < 1.29 is 4.79 Å². The Hall–Kier alpha value is -0.240. The van der Waals surface area contributed by atoms with Gasteiger partial charge in [0.15, 0.2) is 5.62 Å². The molecule has 0 heterocycles. The van der Waals surface area contributed by atoms with Gasteiger partial charge >= 0.3 is 0 Å². The molecule has 0 aromatic rings. The van der Waals surface area contributed by atoms with Gasteiger partial charge in [-0.3, -0.25) is 4.79 Å². The Morgan fingerprint density at radius 1 is 1.33 bits per heavy atom. The molecule has 0 aliphatic carbocycles. The molecule has 0 spiro atoms. The van der Waals surface area contributed by atoms with E-state index in [1.54, 1.807) is 0 Å². The summed E-state index contributed by atoms with van der Waals surface area (Å²) < 4.78 is 0. The van der Waals surface area contributed by atoms with E-state index in [2.05, 4.69) is 0 Å².